The number of nitrogens with zero attached hydrogens (tertiary/aromatic N) is 2. The molecule has 1 aliphatic heterocycles. The van der Waals surface area contributed by atoms with Gasteiger partial charge in [-0.2, -0.15) is 0 Å². The van der Waals surface area contributed by atoms with E-state index in [0.717, 1.165) is 25.6 Å². The molecule has 1 N–H and O–H groups in total. The number of aromatic nitrogens is 1. The topological polar surface area (TPSA) is 28.4 Å². The molecule has 2 aromatic rings. The number of para-hydroxylation sites is 1. The average Bonchev–Trinajstić information content (AvgIpc) is 2.85. The van der Waals surface area contributed by atoms with Crippen molar-refractivity contribution in [1.82, 2.24) is 9.47 Å². The summed E-state index contributed by atoms with van der Waals surface area (Å²) in [5.41, 5.74) is 1.21. The van der Waals surface area contributed by atoms with Gasteiger partial charge in [-0.25, -0.2) is 0 Å². The zero-order chi connectivity index (χ0) is 13.9. The Balaban J connectivity index is 1.60. The lowest BCUT2D eigenvalue weighted by Gasteiger charge is -2.31. The fourth-order valence-corrected chi connectivity index (χ4v) is 3.13. The third kappa shape index (κ3) is 3.05. The van der Waals surface area contributed by atoms with Crippen LogP contribution in [0.3, 0.4) is 0 Å². The lowest BCUT2D eigenvalue weighted by atomic mass is 9.99. The van der Waals surface area contributed by atoms with E-state index in [1.807, 2.05) is 0 Å². The number of hydrogen-bond acceptors (Lipinski definition) is 2. The fraction of sp³-hybridized carbons (Fsp3) is 0.529. The highest BCUT2D eigenvalue weighted by molar-refractivity contribution is 5.79. The largest absolute Gasteiger partial charge is 0.390 e. The van der Waals surface area contributed by atoms with Crippen molar-refractivity contribution in [2.24, 2.45) is 5.92 Å². The summed E-state index contributed by atoms with van der Waals surface area (Å²) in [7, 11) is 0. The molecule has 1 saturated heterocycles. The molecule has 0 bridgehead atoms. The van der Waals surface area contributed by atoms with Crippen LogP contribution in [-0.4, -0.2) is 40.3 Å². The van der Waals surface area contributed by atoms with Gasteiger partial charge in [0.2, 0.25) is 0 Å². The highest BCUT2D eigenvalue weighted by Crippen LogP contribution is 2.18. The van der Waals surface area contributed by atoms with Gasteiger partial charge in [0.25, 0.3) is 0 Å². The molecule has 0 unspecified atom stereocenters. The quantitative estimate of drug-likeness (QED) is 0.927. The molecule has 1 fully saturated rings. The van der Waals surface area contributed by atoms with E-state index < -0.39 is 0 Å². The average molecular weight is 272 g/mol. The van der Waals surface area contributed by atoms with E-state index >= 15 is 0 Å². The normalized spacial score (nSPS) is 19.5. The smallest absolute Gasteiger partial charge is 0.0845 e. The van der Waals surface area contributed by atoms with Crippen molar-refractivity contribution in [3.05, 3.63) is 36.5 Å². The summed E-state index contributed by atoms with van der Waals surface area (Å²) in [5.74, 6) is 0.844. The lowest BCUT2D eigenvalue weighted by molar-refractivity contribution is 0.0810. The summed E-state index contributed by atoms with van der Waals surface area (Å²) in [6.07, 6.45) is 4.31. The van der Waals surface area contributed by atoms with Gasteiger partial charge in [0.05, 0.1) is 6.10 Å². The molecule has 3 rings (SSSR count). The predicted molar refractivity (Wildman–Crippen MR) is 82.8 cm³/mol. The highest BCUT2D eigenvalue weighted by Gasteiger charge is 2.18. The van der Waals surface area contributed by atoms with Gasteiger partial charge in [-0.15, -0.1) is 0 Å². The van der Waals surface area contributed by atoms with Gasteiger partial charge in [-0.3, -0.25) is 0 Å². The van der Waals surface area contributed by atoms with Crippen molar-refractivity contribution in [3.8, 4) is 0 Å². The number of fused-ring (bicyclic) bond motifs is 1. The number of aliphatic hydroxyl groups is 1. The van der Waals surface area contributed by atoms with Crippen LogP contribution in [0.25, 0.3) is 10.9 Å². The van der Waals surface area contributed by atoms with Crippen LogP contribution in [0.1, 0.15) is 19.8 Å². The van der Waals surface area contributed by atoms with Crippen LogP contribution in [0.15, 0.2) is 36.5 Å². The third-order valence-electron chi connectivity index (χ3n) is 4.43. The maximum atomic E-state index is 10.3. The van der Waals surface area contributed by atoms with Crippen LogP contribution in [-0.2, 0) is 6.54 Å². The summed E-state index contributed by atoms with van der Waals surface area (Å²) in [6, 6.07) is 10.5. The molecule has 3 nitrogen and oxygen atoms in total. The van der Waals surface area contributed by atoms with Crippen molar-refractivity contribution in [3.63, 3.8) is 0 Å². The van der Waals surface area contributed by atoms with Gasteiger partial charge < -0.3 is 14.6 Å². The maximum Gasteiger partial charge on any atom is 0.0845 e. The SMILES string of the molecule is CC1CCN(C[C@H](O)Cn2ccc3ccccc32)CC1. The summed E-state index contributed by atoms with van der Waals surface area (Å²) in [6.45, 7) is 6.05. The Hall–Kier alpha value is -1.32. The second kappa shape index (κ2) is 5.98. The van der Waals surface area contributed by atoms with E-state index in [4.69, 9.17) is 0 Å². The number of hydrogen-bond donors (Lipinski definition) is 1. The monoisotopic (exact) mass is 272 g/mol. The highest BCUT2D eigenvalue weighted by atomic mass is 16.3. The first-order valence-electron chi connectivity index (χ1n) is 7.66. The third-order valence-corrected chi connectivity index (χ3v) is 4.43. The van der Waals surface area contributed by atoms with Gasteiger partial charge in [0.1, 0.15) is 0 Å². The number of β-amino-alcohol motifs (C(OH)–C–C–N with tert-alkyl or cyclic N) is 1. The van der Waals surface area contributed by atoms with Crippen molar-refractivity contribution in [1.29, 1.82) is 0 Å². The number of aliphatic hydroxyl groups excluding tert-OH is 1. The van der Waals surface area contributed by atoms with Crippen molar-refractivity contribution in [2.45, 2.75) is 32.4 Å². The molecule has 0 aliphatic carbocycles. The molecule has 0 amide bonds. The molecule has 1 aromatic heterocycles. The van der Waals surface area contributed by atoms with E-state index in [0.29, 0.717) is 6.54 Å². The molecule has 0 radical (unpaired) electrons. The summed E-state index contributed by atoms with van der Waals surface area (Å²) in [4.78, 5) is 2.40. The van der Waals surface area contributed by atoms with Crippen LogP contribution >= 0.6 is 0 Å². The van der Waals surface area contributed by atoms with E-state index in [1.54, 1.807) is 0 Å². The first-order valence-corrected chi connectivity index (χ1v) is 7.66. The zero-order valence-electron chi connectivity index (χ0n) is 12.2. The number of rotatable bonds is 4. The Kier molecular flexibility index (Phi) is 4.08. The minimum Gasteiger partial charge on any atom is -0.390 e. The van der Waals surface area contributed by atoms with E-state index in [9.17, 15) is 5.11 Å². The van der Waals surface area contributed by atoms with Gasteiger partial charge in [-0.05, 0) is 49.4 Å². The Morgan fingerprint density at radius 1 is 1.15 bits per heavy atom. The van der Waals surface area contributed by atoms with Crippen molar-refractivity contribution >= 4 is 10.9 Å². The van der Waals surface area contributed by atoms with E-state index in [2.05, 4.69) is 52.9 Å². The van der Waals surface area contributed by atoms with Crippen LogP contribution in [0.4, 0.5) is 0 Å². The summed E-state index contributed by atoms with van der Waals surface area (Å²) in [5, 5.41) is 11.6. The zero-order valence-corrected chi connectivity index (χ0v) is 12.2. The second-order valence-electron chi connectivity index (χ2n) is 6.16. The minimum absolute atomic E-state index is 0.292. The Morgan fingerprint density at radius 3 is 2.70 bits per heavy atom. The summed E-state index contributed by atoms with van der Waals surface area (Å²) >= 11 is 0. The molecule has 20 heavy (non-hydrogen) atoms. The van der Waals surface area contributed by atoms with Crippen LogP contribution in [0.5, 0.6) is 0 Å². The lowest BCUT2D eigenvalue weighted by Crippen LogP contribution is -2.39. The molecule has 0 saturated carbocycles. The Morgan fingerprint density at radius 2 is 1.90 bits per heavy atom. The van der Waals surface area contributed by atoms with Gasteiger partial charge in [0.15, 0.2) is 0 Å². The molecule has 0 spiro atoms. The summed E-state index contributed by atoms with van der Waals surface area (Å²) < 4.78 is 2.16. The Bertz CT molecular complexity index is 555. The molecule has 108 valence electrons. The molecule has 2 heterocycles. The Labute approximate surface area is 120 Å². The molecule has 3 heteroatoms. The van der Waals surface area contributed by atoms with Gasteiger partial charge in [-0.1, -0.05) is 25.1 Å². The molecule has 1 atom stereocenters. The first-order chi connectivity index (χ1) is 9.72. The predicted octanol–water partition coefficient (Wildman–Crippen LogP) is 2.73. The van der Waals surface area contributed by atoms with E-state index in [-0.39, 0.29) is 6.10 Å². The van der Waals surface area contributed by atoms with Crippen molar-refractivity contribution in [2.75, 3.05) is 19.6 Å². The van der Waals surface area contributed by atoms with Crippen molar-refractivity contribution < 1.29 is 5.11 Å². The fourth-order valence-electron chi connectivity index (χ4n) is 3.13. The van der Waals surface area contributed by atoms with Crippen LogP contribution < -0.4 is 0 Å². The van der Waals surface area contributed by atoms with Gasteiger partial charge in [0, 0.05) is 24.8 Å². The first kappa shape index (κ1) is 13.7. The van der Waals surface area contributed by atoms with Crippen LogP contribution in [0.2, 0.25) is 0 Å². The molecule has 1 aliphatic rings. The molecular formula is C17H24N2O. The standard InChI is InChI=1S/C17H24N2O/c1-14-6-9-18(10-7-14)12-16(20)13-19-11-8-15-4-2-3-5-17(15)19/h2-5,8,11,14,16,20H,6-7,9-10,12-13H2,1H3/t16-/m0/s1. The number of likely N-dealkylation sites (tertiary alicyclic amines) is 1. The number of benzene rings is 1. The number of piperidine rings is 1. The van der Waals surface area contributed by atoms with E-state index in [1.165, 1.54) is 23.7 Å². The minimum atomic E-state index is -0.292. The maximum absolute atomic E-state index is 10.3. The second-order valence-corrected chi connectivity index (χ2v) is 6.16. The molecular weight excluding hydrogens is 248 g/mol. The van der Waals surface area contributed by atoms with Gasteiger partial charge >= 0.3 is 0 Å². The van der Waals surface area contributed by atoms with Crippen LogP contribution in [0, 0.1) is 5.92 Å². The molecule has 1 aromatic carbocycles.